The van der Waals surface area contributed by atoms with Crippen LogP contribution in [0.2, 0.25) is 0 Å². The third-order valence-electron chi connectivity index (χ3n) is 1.68. The van der Waals surface area contributed by atoms with Crippen LogP contribution in [0.3, 0.4) is 0 Å². The SMILES string of the molecule is CC(C)[O][Al][O]C(C)C.O=C(O)c1ccccc1. The number of hydrogen-bond acceptors (Lipinski definition) is 3. The second-order valence-electron chi connectivity index (χ2n) is 4.14. The lowest BCUT2D eigenvalue weighted by molar-refractivity contribution is 0.0697. The van der Waals surface area contributed by atoms with Crippen molar-refractivity contribution in [2.75, 3.05) is 0 Å². The lowest BCUT2D eigenvalue weighted by Crippen LogP contribution is -2.14. The third-order valence-corrected chi connectivity index (χ3v) is 2.99. The van der Waals surface area contributed by atoms with Gasteiger partial charge in [-0.05, 0) is 39.8 Å². The van der Waals surface area contributed by atoms with Crippen molar-refractivity contribution in [2.24, 2.45) is 0 Å². The number of rotatable bonds is 5. The molecule has 0 aliphatic carbocycles. The molecular weight excluding hydrogens is 247 g/mol. The molecule has 0 amide bonds. The Balaban J connectivity index is 0.000000321. The van der Waals surface area contributed by atoms with E-state index in [1.54, 1.807) is 30.3 Å². The topological polar surface area (TPSA) is 55.8 Å². The molecule has 0 unspecified atom stereocenters. The molecule has 1 radical (unpaired) electrons. The molecule has 1 aromatic carbocycles. The number of benzene rings is 1. The largest absolute Gasteiger partial charge is 0.668 e. The maximum atomic E-state index is 10.2. The highest BCUT2D eigenvalue weighted by molar-refractivity contribution is 6.18. The fourth-order valence-electron chi connectivity index (χ4n) is 0.835. The summed E-state index contributed by atoms with van der Waals surface area (Å²) in [4.78, 5) is 10.2. The number of carboxylic acid groups (broad SMARTS) is 1. The molecule has 4 nitrogen and oxygen atoms in total. The van der Waals surface area contributed by atoms with Gasteiger partial charge in [-0.2, -0.15) is 0 Å². The maximum Gasteiger partial charge on any atom is 0.668 e. The molecule has 18 heavy (non-hydrogen) atoms. The monoisotopic (exact) mass is 267 g/mol. The van der Waals surface area contributed by atoms with E-state index < -0.39 is 5.97 Å². The van der Waals surface area contributed by atoms with Crippen molar-refractivity contribution >= 4 is 21.9 Å². The van der Waals surface area contributed by atoms with Crippen LogP contribution in [0.5, 0.6) is 0 Å². The van der Waals surface area contributed by atoms with E-state index in [-0.39, 0.29) is 15.9 Å². The molecule has 0 heterocycles. The maximum absolute atomic E-state index is 10.2. The predicted octanol–water partition coefficient (Wildman–Crippen LogP) is 2.76. The lowest BCUT2D eigenvalue weighted by atomic mass is 10.2. The van der Waals surface area contributed by atoms with E-state index >= 15 is 0 Å². The summed E-state index contributed by atoms with van der Waals surface area (Å²) >= 11 is -0.245. The van der Waals surface area contributed by atoms with E-state index in [2.05, 4.69) is 0 Å². The highest BCUT2D eigenvalue weighted by atomic mass is 27.2. The highest BCUT2D eigenvalue weighted by Crippen LogP contribution is 1.96. The molecule has 0 aliphatic rings. The Hall–Kier alpha value is -0.858. The quantitative estimate of drug-likeness (QED) is 0.833. The van der Waals surface area contributed by atoms with Crippen molar-refractivity contribution in [3.8, 4) is 0 Å². The van der Waals surface area contributed by atoms with Crippen LogP contribution in [-0.4, -0.2) is 39.2 Å². The van der Waals surface area contributed by atoms with Gasteiger partial charge < -0.3 is 12.7 Å². The number of carboxylic acids is 1. The average Bonchev–Trinajstić information content (AvgIpc) is 2.30. The zero-order valence-corrected chi connectivity index (χ0v) is 12.4. The van der Waals surface area contributed by atoms with Gasteiger partial charge in [-0.25, -0.2) is 4.79 Å². The van der Waals surface area contributed by atoms with Crippen LogP contribution in [0.15, 0.2) is 30.3 Å². The Labute approximate surface area is 115 Å². The predicted molar refractivity (Wildman–Crippen MR) is 71.6 cm³/mol. The first-order valence-electron chi connectivity index (χ1n) is 5.84. The van der Waals surface area contributed by atoms with Gasteiger partial charge in [-0.3, -0.25) is 0 Å². The molecule has 0 spiro atoms. The standard InChI is InChI=1S/C7H6O2.2C3H7O.Al/c8-7(9)6-4-2-1-3-5-6;2*1-3(2)4;/h1-5H,(H,8,9);2*3H,1-2H3;/q;2*-1;+2. The number of hydrogen-bond donors (Lipinski definition) is 1. The fourth-order valence-corrected chi connectivity index (χ4v) is 1.34. The van der Waals surface area contributed by atoms with Gasteiger partial charge in [0, 0.05) is 12.2 Å². The molecule has 0 saturated carbocycles. The van der Waals surface area contributed by atoms with E-state index in [4.69, 9.17) is 12.7 Å². The lowest BCUT2D eigenvalue weighted by Gasteiger charge is -2.09. The summed E-state index contributed by atoms with van der Waals surface area (Å²) in [5.74, 6) is -0.879. The molecule has 0 saturated heterocycles. The van der Waals surface area contributed by atoms with E-state index in [1.165, 1.54) is 0 Å². The van der Waals surface area contributed by atoms with Crippen LogP contribution >= 0.6 is 0 Å². The van der Waals surface area contributed by atoms with Crippen molar-refractivity contribution in [3.05, 3.63) is 35.9 Å². The molecule has 1 rings (SSSR count). The summed E-state index contributed by atoms with van der Waals surface area (Å²) in [6.07, 6.45) is 0.609. The van der Waals surface area contributed by atoms with Crippen LogP contribution in [0.1, 0.15) is 38.1 Å². The Morgan fingerprint density at radius 2 is 1.50 bits per heavy atom. The molecule has 0 aliphatic heterocycles. The van der Waals surface area contributed by atoms with Crippen LogP contribution in [0, 0.1) is 0 Å². The van der Waals surface area contributed by atoms with E-state index in [1.807, 2.05) is 27.7 Å². The molecule has 1 N–H and O–H groups in total. The van der Waals surface area contributed by atoms with Gasteiger partial charge in [0.15, 0.2) is 0 Å². The van der Waals surface area contributed by atoms with Crippen LogP contribution in [-0.2, 0) is 7.58 Å². The first kappa shape index (κ1) is 17.1. The Kier molecular flexibility index (Phi) is 9.62. The van der Waals surface area contributed by atoms with Gasteiger partial charge in [-0.1, -0.05) is 18.2 Å². The van der Waals surface area contributed by atoms with Crippen molar-refractivity contribution in [1.29, 1.82) is 0 Å². The molecule has 0 atom stereocenters. The van der Waals surface area contributed by atoms with Crippen LogP contribution in [0.25, 0.3) is 0 Å². The fraction of sp³-hybridized carbons (Fsp3) is 0.462. The van der Waals surface area contributed by atoms with Gasteiger partial charge in [0.1, 0.15) is 0 Å². The second-order valence-corrected chi connectivity index (χ2v) is 4.87. The smallest absolute Gasteiger partial charge is 0.482 e. The van der Waals surface area contributed by atoms with Crippen LogP contribution < -0.4 is 0 Å². The molecule has 99 valence electrons. The first-order valence-corrected chi connectivity index (χ1v) is 6.78. The summed E-state index contributed by atoms with van der Waals surface area (Å²) < 4.78 is 10.4. The summed E-state index contributed by atoms with van der Waals surface area (Å²) in [5.41, 5.74) is 0.331. The molecule has 0 bridgehead atoms. The minimum absolute atomic E-state index is 0.245. The Morgan fingerprint density at radius 1 is 1.06 bits per heavy atom. The minimum atomic E-state index is -0.879. The molecule has 1 aromatic rings. The van der Waals surface area contributed by atoms with Gasteiger partial charge >= 0.3 is 21.9 Å². The van der Waals surface area contributed by atoms with Crippen molar-refractivity contribution in [1.82, 2.24) is 0 Å². The third kappa shape index (κ3) is 10.3. The highest BCUT2D eigenvalue weighted by Gasteiger charge is 2.01. The average molecular weight is 267 g/mol. The van der Waals surface area contributed by atoms with Gasteiger partial charge in [0.05, 0.1) is 5.56 Å². The molecular formula is C13H20AlO4. The zero-order chi connectivity index (χ0) is 14.0. The summed E-state index contributed by atoms with van der Waals surface area (Å²) in [6, 6.07) is 8.30. The second kappa shape index (κ2) is 10.1. The molecule has 0 aromatic heterocycles. The van der Waals surface area contributed by atoms with Gasteiger partial charge in [0.25, 0.3) is 0 Å². The van der Waals surface area contributed by atoms with Gasteiger partial charge in [-0.15, -0.1) is 0 Å². The first-order chi connectivity index (χ1) is 8.43. The van der Waals surface area contributed by atoms with Crippen molar-refractivity contribution in [3.63, 3.8) is 0 Å². The summed E-state index contributed by atoms with van der Waals surface area (Å²) in [6.45, 7) is 8.04. The molecule has 0 fully saturated rings. The Morgan fingerprint density at radius 3 is 1.78 bits per heavy atom. The number of carbonyl (C=O) groups is 1. The Bertz CT molecular complexity index is 317. The zero-order valence-electron chi connectivity index (χ0n) is 11.3. The van der Waals surface area contributed by atoms with Crippen molar-refractivity contribution in [2.45, 2.75) is 39.9 Å². The van der Waals surface area contributed by atoms with E-state index in [9.17, 15) is 4.79 Å². The van der Waals surface area contributed by atoms with E-state index in [0.717, 1.165) is 0 Å². The van der Waals surface area contributed by atoms with Gasteiger partial charge in [0.2, 0.25) is 0 Å². The summed E-state index contributed by atoms with van der Waals surface area (Å²) in [7, 11) is 0. The van der Waals surface area contributed by atoms with Crippen molar-refractivity contribution < 1.29 is 17.5 Å². The normalized spacial score (nSPS) is 9.89. The van der Waals surface area contributed by atoms with Crippen LogP contribution in [0.4, 0.5) is 0 Å². The molecule has 5 heteroatoms. The summed E-state index contributed by atoms with van der Waals surface area (Å²) in [5, 5.41) is 8.38. The van der Waals surface area contributed by atoms with E-state index in [0.29, 0.717) is 17.8 Å². The minimum Gasteiger partial charge on any atom is -0.482 e. The number of aromatic carboxylic acids is 1.